The van der Waals surface area contributed by atoms with Crippen molar-refractivity contribution in [2.75, 3.05) is 37.9 Å². The van der Waals surface area contributed by atoms with Gasteiger partial charge < -0.3 is 15.5 Å². The molecule has 0 aliphatic carbocycles. The number of amides is 1. The number of rotatable bonds is 4. The van der Waals surface area contributed by atoms with E-state index in [1.807, 2.05) is 25.1 Å². The van der Waals surface area contributed by atoms with Crippen molar-refractivity contribution < 1.29 is 4.79 Å². The number of pyridine rings is 1. The first-order valence-electron chi connectivity index (χ1n) is 4.72. The van der Waals surface area contributed by atoms with E-state index in [1.165, 1.54) is 0 Å². The molecule has 0 fully saturated rings. The van der Waals surface area contributed by atoms with Gasteiger partial charge in [-0.1, -0.05) is 0 Å². The number of carbonyl (C=O) groups excluding carboxylic acids is 1. The van der Waals surface area contributed by atoms with Crippen LogP contribution in [-0.2, 0) is 4.79 Å². The second kappa shape index (κ2) is 5.19. The van der Waals surface area contributed by atoms with Gasteiger partial charge in [0.15, 0.2) is 0 Å². The largest absolute Gasteiger partial charge is 0.387 e. The fourth-order valence-electron chi connectivity index (χ4n) is 1.16. The van der Waals surface area contributed by atoms with Crippen molar-refractivity contribution in [2.24, 2.45) is 0 Å². The summed E-state index contributed by atoms with van der Waals surface area (Å²) in [5.74, 6) is -0.0210. The van der Waals surface area contributed by atoms with E-state index in [4.69, 9.17) is 0 Å². The van der Waals surface area contributed by atoms with E-state index in [-0.39, 0.29) is 5.91 Å². The van der Waals surface area contributed by atoms with Crippen molar-refractivity contribution in [3.8, 4) is 0 Å². The van der Waals surface area contributed by atoms with Gasteiger partial charge in [-0.05, 0) is 6.07 Å². The molecular formula is C10H16N4O. The van der Waals surface area contributed by atoms with E-state index in [9.17, 15) is 4.79 Å². The van der Waals surface area contributed by atoms with Crippen molar-refractivity contribution in [1.29, 1.82) is 0 Å². The summed E-state index contributed by atoms with van der Waals surface area (Å²) in [5, 5.41) is 5.58. The van der Waals surface area contributed by atoms with E-state index in [1.54, 1.807) is 19.4 Å². The molecule has 0 aromatic carbocycles. The normalized spacial score (nSPS) is 9.53. The molecule has 5 nitrogen and oxygen atoms in total. The average molecular weight is 208 g/mol. The lowest BCUT2D eigenvalue weighted by atomic mass is 10.3. The van der Waals surface area contributed by atoms with Crippen LogP contribution in [0.2, 0.25) is 0 Å². The summed E-state index contributed by atoms with van der Waals surface area (Å²) in [6, 6.07) is 1.94. The quantitative estimate of drug-likeness (QED) is 0.747. The Balaban J connectivity index is 2.72. The van der Waals surface area contributed by atoms with Gasteiger partial charge in [-0.25, -0.2) is 0 Å². The zero-order valence-corrected chi connectivity index (χ0v) is 9.24. The van der Waals surface area contributed by atoms with Crippen LogP contribution in [0.1, 0.15) is 0 Å². The zero-order chi connectivity index (χ0) is 11.3. The Hall–Kier alpha value is -1.78. The third-order valence-electron chi connectivity index (χ3n) is 2.11. The lowest BCUT2D eigenvalue weighted by Gasteiger charge is -2.18. The molecule has 1 heterocycles. The van der Waals surface area contributed by atoms with Crippen LogP contribution >= 0.6 is 0 Å². The smallest absolute Gasteiger partial charge is 0.239 e. The summed E-state index contributed by atoms with van der Waals surface area (Å²) < 4.78 is 0. The highest BCUT2D eigenvalue weighted by Gasteiger charge is 2.06. The summed E-state index contributed by atoms with van der Waals surface area (Å²) in [5.41, 5.74) is 1.83. The number of hydrogen-bond acceptors (Lipinski definition) is 4. The lowest BCUT2D eigenvalue weighted by molar-refractivity contribution is -0.119. The first kappa shape index (κ1) is 11.3. The monoisotopic (exact) mass is 208 g/mol. The maximum atomic E-state index is 11.2. The molecule has 0 spiro atoms. The molecule has 0 saturated heterocycles. The van der Waals surface area contributed by atoms with Crippen LogP contribution in [0, 0.1) is 0 Å². The Labute approximate surface area is 89.5 Å². The second-order valence-corrected chi connectivity index (χ2v) is 3.21. The summed E-state index contributed by atoms with van der Waals surface area (Å²) in [4.78, 5) is 17.1. The molecule has 1 aromatic rings. The predicted octanol–water partition coefficient (Wildman–Crippen LogP) is 0.305. The molecule has 1 rings (SSSR count). The fraction of sp³-hybridized carbons (Fsp3) is 0.400. The first-order chi connectivity index (χ1) is 7.17. The minimum atomic E-state index is -0.0210. The third-order valence-corrected chi connectivity index (χ3v) is 2.11. The number of nitrogens with one attached hydrogen (secondary N) is 2. The van der Waals surface area contributed by atoms with Gasteiger partial charge in [0.1, 0.15) is 0 Å². The lowest BCUT2D eigenvalue weighted by Crippen LogP contribution is -2.32. The minimum absolute atomic E-state index is 0.0210. The van der Waals surface area contributed by atoms with E-state index >= 15 is 0 Å². The zero-order valence-electron chi connectivity index (χ0n) is 9.24. The number of nitrogens with zero attached hydrogens (tertiary/aromatic N) is 2. The summed E-state index contributed by atoms with van der Waals surface area (Å²) >= 11 is 0. The molecule has 15 heavy (non-hydrogen) atoms. The average Bonchev–Trinajstić information content (AvgIpc) is 2.28. The first-order valence-corrected chi connectivity index (χ1v) is 4.72. The molecule has 0 unspecified atom stereocenters. The van der Waals surface area contributed by atoms with Gasteiger partial charge in [-0.15, -0.1) is 0 Å². The van der Waals surface area contributed by atoms with Crippen molar-refractivity contribution in [3.63, 3.8) is 0 Å². The van der Waals surface area contributed by atoms with E-state index < -0.39 is 0 Å². The van der Waals surface area contributed by atoms with Gasteiger partial charge in [0.05, 0.1) is 30.3 Å². The number of hydrogen-bond donors (Lipinski definition) is 2. The van der Waals surface area contributed by atoms with Gasteiger partial charge in [-0.2, -0.15) is 0 Å². The highest BCUT2D eigenvalue weighted by molar-refractivity contribution is 5.81. The molecule has 82 valence electrons. The van der Waals surface area contributed by atoms with Crippen molar-refractivity contribution in [2.45, 2.75) is 0 Å². The summed E-state index contributed by atoms with van der Waals surface area (Å²) in [6.07, 6.45) is 3.46. The number of anilines is 2. The molecule has 0 aliphatic heterocycles. The summed E-state index contributed by atoms with van der Waals surface area (Å²) in [7, 11) is 5.31. The Bertz CT molecular complexity index is 340. The van der Waals surface area contributed by atoms with Gasteiger partial charge in [-0.3, -0.25) is 9.78 Å². The molecule has 1 amide bonds. The van der Waals surface area contributed by atoms with Crippen molar-refractivity contribution in [1.82, 2.24) is 10.3 Å². The molecule has 0 atom stereocenters. The standard InChI is InChI=1S/C10H16N4O/c1-11-8-4-9(6-13-5-8)14(3)7-10(15)12-2/h4-6,11H,7H2,1-3H3,(H,12,15). The predicted molar refractivity (Wildman–Crippen MR) is 61.1 cm³/mol. The van der Waals surface area contributed by atoms with E-state index in [2.05, 4.69) is 15.6 Å². The highest BCUT2D eigenvalue weighted by atomic mass is 16.1. The van der Waals surface area contributed by atoms with Gasteiger partial charge in [0, 0.05) is 21.1 Å². The van der Waals surface area contributed by atoms with Crippen LogP contribution in [0.25, 0.3) is 0 Å². The Morgan fingerprint density at radius 3 is 2.80 bits per heavy atom. The number of aromatic nitrogens is 1. The van der Waals surface area contributed by atoms with Gasteiger partial charge in [0.25, 0.3) is 0 Å². The number of carbonyl (C=O) groups is 1. The maximum absolute atomic E-state index is 11.2. The molecule has 0 bridgehead atoms. The highest BCUT2D eigenvalue weighted by Crippen LogP contribution is 2.15. The Kier molecular flexibility index (Phi) is 3.91. The van der Waals surface area contributed by atoms with Crippen molar-refractivity contribution in [3.05, 3.63) is 18.5 Å². The summed E-state index contributed by atoms with van der Waals surface area (Å²) in [6.45, 7) is 0.325. The maximum Gasteiger partial charge on any atom is 0.239 e. The molecule has 0 radical (unpaired) electrons. The SMILES string of the molecule is CNC(=O)CN(C)c1cncc(NC)c1. The van der Waals surface area contributed by atoms with Crippen LogP contribution in [0.15, 0.2) is 18.5 Å². The second-order valence-electron chi connectivity index (χ2n) is 3.21. The molecule has 2 N–H and O–H groups in total. The Morgan fingerprint density at radius 2 is 2.20 bits per heavy atom. The molecule has 0 aliphatic rings. The third kappa shape index (κ3) is 3.12. The Morgan fingerprint density at radius 1 is 1.47 bits per heavy atom. The molecule has 0 saturated carbocycles. The van der Waals surface area contributed by atoms with Crippen LogP contribution in [0.5, 0.6) is 0 Å². The van der Waals surface area contributed by atoms with Crippen LogP contribution in [0.4, 0.5) is 11.4 Å². The topological polar surface area (TPSA) is 57.3 Å². The molecule has 5 heteroatoms. The minimum Gasteiger partial charge on any atom is -0.387 e. The van der Waals surface area contributed by atoms with Gasteiger partial charge >= 0.3 is 0 Å². The van der Waals surface area contributed by atoms with Crippen LogP contribution in [0.3, 0.4) is 0 Å². The van der Waals surface area contributed by atoms with E-state index in [0.717, 1.165) is 11.4 Å². The number of likely N-dealkylation sites (N-methyl/N-ethyl adjacent to an activating group) is 2. The molecular weight excluding hydrogens is 192 g/mol. The van der Waals surface area contributed by atoms with Gasteiger partial charge in [0.2, 0.25) is 5.91 Å². The fourth-order valence-corrected chi connectivity index (χ4v) is 1.16. The van der Waals surface area contributed by atoms with Crippen molar-refractivity contribution >= 4 is 17.3 Å². The van der Waals surface area contributed by atoms with E-state index in [0.29, 0.717) is 6.54 Å². The van der Waals surface area contributed by atoms with Crippen LogP contribution in [-0.4, -0.2) is 38.6 Å². The van der Waals surface area contributed by atoms with Crippen LogP contribution < -0.4 is 15.5 Å². The molecule has 1 aromatic heterocycles.